The lowest BCUT2D eigenvalue weighted by atomic mass is 10.1. The van der Waals surface area contributed by atoms with E-state index in [1.165, 1.54) is 12.1 Å². The van der Waals surface area contributed by atoms with E-state index in [1.54, 1.807) is 19.1 Å². The van der Waals surface area contributed by atoms with Gasteiger partial charge in [0, 0.05) is 5.39 Å². The number of nitrogens with one attached hydrogen (secondary N) is 1. The molecule has 146 valence electrons. The lowest BCUT2D eigenvalue weighted by molar-refractivity contribution is 0.324. The van der Waals surface area contributed by atoms with E-state index in [0.717, 1.165) is 10.8 Å². The predicted molar refractivity (Wildman–Crippen MR) is 107 cm³/mol. The number of rotatable bonds is 7. The first-order chi connectivity index (χ1) is 13.4. The SMILES string of the molecule is Cc1cc(S(N)(=O)=O)ccc1OCCN=NNc1c(O)ccc2ccccc12. The van der Waals surface area contributed by atoms with Gasteiger partial charge in [-0.25, -0.2) is 13.6 Å². The molecule has 0 fully saturated rings. The van der Waals surface area contributed by atoms with Crippen LogP contribution in [0.3, 0.4) is 0 Å². The van der Waals surface area contributed by atoms with Crippen molar-refractivity contribution in [3.05, 3.63) is 60.2 Å². The standard InChI is InChI=1S/C19H20N4O4S/c1-13-12-15(28(20,25)26)7-9-18(13)27-11-10-21-23-22-19-16-5-3-2-4-14(16)6-8-17(19)24/h2-9,12,24H,10-11H2,1H3,(H,21,22)(H2,20,25,26). The van der Waals surface area contributed by atoms with Crippen LogP contribution in [0.1, 0.15) is 5.56 Å². The van der Waals surface area contributed by atoms with Crippen LogP contribution in [-0.2, 0) is 10.0 Å². The van der Waals surface area contributed by atoms with Crippen LogP contribution in [0, 0.1) is 6.92 Å². The second-order valence-electron chi connectivity index (χ2n) is 6.08. The summed E-state index contributed by atoms with van der Waals surface area (Å²) in [5.74, 6) is 0.627. The number of hydrogen-bond donors (Lipinski definition) is 3. The molecule has 0 unspecified atom stereocenters. The van der Waals surface area contributed by atoms with Crippen molar-refractivity contribution >= 4 is 26.5 Å². The van der Waals surface area contributed by atoms with Crippen LogP contribution in [0.15, 0.2) is 69.8 Å². The average Bonchev–Trinajstić information content (AvgIpc) is 2.66. The summed E-state index contributed by atoms with van der Waals surface area (Å²) in [7, 11) is -3.74. The van der Waals surface area contributed by atoms with Crippen molar-refractivity contribution in [1.29, 1.82) is 0 Å². The molecule has 0 atom stereocenters. The molecule has 8 nitrogen and oxygen atoms in total. The third kappa shape index (κ3) is 4.56. The summed E-state index contributed by atoms with van der Waals surface area (Å²) in [5.41, 5.74) is 3.90. The third-order valence-electron chi connectivity index (χ3n) is 4.06. The number of anilines is 1. The quantitative estimate of drug-likeness (QED) is 0.243. The van der Waals surface area contributed by atoms with E-state index in [4.69, 9.17) is 9.88 Å². The van der Waals surface area contributed by atoms with Gasteiger partial charge in [0.25, 0.3) is 0 Å². The van der Waals surface area contributed by atoms with Crippen molar-refractivity contribution in [3.63, 3.8) is 0 Å². The molecule has 28 heavy (non-hydrogen) atoms. The first-order valence-electron chi connectivity index (χ1n) is 8.46. The number of aromatic hydroxyl groups is 1. The van der Waals surface area contributed by atoms with Crippen molar-refractivity contribution in [2.24, 2.45) is 15.5 Å². The van der Waals surface area contributed by atoms with Crippen LogP contribution >= 0.6 is 0 Å². The van der Waals surface area contributed by atoms with E-state index >= 15 is 0 Å². The first-order valence-corrected chi connectivity index (χ1v) is 10.0. The Morgan fingerprint density at radius 1 is 1.14 bits per heavy atom. The maximum atomic E-state index is 11.3. The zero-order valence-corrected chi connectivity index (χ0v) is 16.0. The fraction of sp³-hybridized carbons (Fsp3) is 0.158. The predicted octanol–water partition coefficient (Wildman–Crippen LogP) is 3.36. The second-order valence-corrected chi connectivity index (χ2v) is 7.64. The van der Waals surface area contributed by atoms with E-state index in [-0.39, 0.29) is 23.8 Å². The Morgan fingerprint density at radius 3 is 2.68 bits per heavy atom. The Kier molecular flexibility index (Phi) is 5.76. The highest BCUT2D eigenvalue weighted by atomic mass is 32.2. The number of nitrogens with zero attached hydrogens (tertiary/aromatic N) is 2. The smallest absolute Gasteiger partial charge is 0.238 e. The van der Waals surface area contributed by atoms with Gasteiger partial charge >= 0.3 is 0 Å². The monoisotopic (exact) mass is 400 g/mol. The van der Waals surface area contributed by atoms with Crippen LogP contribution in [0.4, 0.5) is 5.69 Å². The van der Waals surface area contributed by atoms with Crippen molar-refractivity contribution in [2.45, 2.75) is 11.8 Å². The van der Waals surface area contributed by atoms with Gasteiger partial charge in [-0.1, -0.05) is 35.6 Å². The number of sulfonamides is 1. The number of hydrogen-bond acceptors (Lipinski definition) is 6. The van der Waals surface area contributed by atoms with Gasteiger partial charge in [-0.3, -0.25) is 5.43 Å². The van der Waals surface area contributed by atoms with Crippen LogP contribution in [-0.4, -0.2) is 26.7 Å². The van der Waals surface area contributed by atoms with Gasteiger partial charge < -0.3 is 9.84 Å². The molecule has 0 bridgehead atoms. The Labute approximate surface area is 162 Å². The molecular weight excluding hydrogens is 380 g/mol. The highest BCUT2D eigenvalue weighted by Crippen LogP contribution is 2.32. The van der Waals surface area contributed by atoms with E-state index in [9.17, 15) is 13.5 Å². The van der Waals surface area contributed by atoms with Crippen LogP contribution in [0.2, 0.25) is 0 Å². The zero-order chi connectivity index (χ0) is 20.1. The maximum absolute atomic E-state index is 11.3. The van der Waals surface area contributed by atoms with Gasteiger partial charge in [0.1, 0.15) is 23.8 Å². The van der Waals surface area contributed by atoms with Gasteiger partial charge in [0.15, 0.2) is 0 Å². The van der Waals surface area contributed by atoms with Gasteiger partial charge in [0.05, 0.1) is 11.4 Å². The van der Waals surface area contributed by atoms with Gasteiger partial charge in [-0.15, -0.1) is 0 Å². The molecule has 0 spiro atoms. The summed E-state index contributed by atoms with van der Waals surface area (Å²) < 4.78 is 28.3. The van der Waals surface area contributed by atoms with E-state index in [2.05, 4.69) is 15.8 Å². The van der Waals surface area contributed by atoms with Gasteiger partial charge in [0.2, 0.25) is 10.0 Å². The molecular formula is C19H20N4O4S. The molecule has 0 aliphatic carbocycles. The number of primary sulfonamides is 1. The lowest BCUT2D eigenvalue weighted by Crippen LogP contribution is -2.12. The minimum absolute atomic E-state index is 0.0381. The number of fused-ring (bicyclic) bond motifs is 1. The number of benzene rings is 3. The molecule has 0 amide bonds. The highest BCUT2D eigenvalue weighted by Gasteiger charge is 2.10. The number of ether oxygens (including phenoxy) is 1. The lowest BCUT2D eigenvalue weighted by Gasteiger charge is -2.09. The van der Waals surface area contributed by atoms with Crippen molar-refractivity contribution < 1.29 is 18.3 Å². The Balaban J connectivity index is 1.57. The zero-order valence-electron chi connectivity index (χ0n) is 15.2. The summed E-state index contributed by atoms with van der Waals surface area (Å²) in [6.45, 7) is 2.26. The molecule has 0 heterocycles. The molecule has 0 saturated carbocycles. The van der Waals surface area contributed by atoms with Crippen LogP contribution in [0.25, 0.3) is 10.8 Å². The fourth-order valence-corrected chi connectivity index (χ4v) is 3.27. The Bertz CT molecular complexity index is 1130. The minimum atomic E-state index is -3.74. The summed E-state index contributed by atoms with van der Waals surface area (Å²) in [6, 6.07) is 15.4. The average molecular weight is 400 g/mol. The van der Waals surface area contributed by atoms with E-state index in [0.29, 0.717) is 17.0 Å². The molecule has 3 aromatic carbocycles. The number of nitrogens with two attached hydrogens (primary N) is 1. The van der Waals surface area contributed by atoms with Crippen molar-refractivity contribution in [2.75, 3.05) is 18.6 Å². The van der Waals surface area contributed by atoms with E-state index in [1.807, 2.05) is 30.3 Å². The molecule has 0 saturated heterocycles. The van der Waals surface area contributed by atoms with Crippen molar-refractivity contribution in [1.82, 2.24) is 0 Å². The summed E-state index contributed by atoms with van der Waals surface area (Å²) >= 11 is 0. The molecule has 4 N–H and O–H groups in total. The molecule has 9 heteroatoms. The minimum Gasteiger partial charge on any atom is -0.506 e. The van der Waals surface area contributed by atoms with E-state index < -0.39 is 10.0 Å². The molecule has 0 aromatic heterocycles. The molecule has 3 aromatic rings. The number of phenols is 1. The summed E-state index contributed by atoms with van der Waals surface area (Å²) in [6.07, 6.45) is 0. The normalized spacial score (nSPS) is 11.8. The Hall–Kier alpha value is -3.17. The molecule has 0 radical (unpaired) electrons. The second kappa shape index (κ2) is 8.24. The fourth-order valence-electron chi connectivity index (χ4n) is 2.67. The van der Waals surface area contributed by atoms with Gasteiger partial charge in [-0.2, -0.15) is 5.11 Å². The number of aryl methyl sites for hydroxylation is 1. The van der Waals surface area contributed by atoms with Crippen LogP contribution in [0.5, 0.6) is 11.5 Å². The molecule has 3 rings (SSSR count). The van der Waals surface area contributed by atoms with Crippen LogP contribution < -0.4 is 15.3 Å². The summed E-state index contributed by atoms with van der Waals surface area (Å²) in [4.78, 5) is 0.0381. The largest absolute Gasteiger partial charge is 0.506 e. The molecule has 0 aliphatic rings. The summed E-state index contributed by atoms with van der Waals surface area (Å²) in [5, 5.41) is 24.8. The van der Waals surface area contributed by atoms with Gasteiger partial charge in [-0.05, 0) is 42.1 Å². The highest BCUT2D eigenvalue weighted by molar-refractivity contribution is 7.89. The topological polar surface area (TPSA) is 126 Å². The maximum Gasteiger partial charge on any atom is 0.238 e. The third-order valence-corrected chi connectivity index (χ3v) is 4.97. The molecule has 0 aliphatic heterocycles. The van der Waals surface area contributed by atoms with Crippen molar-refractivity contribution in [3.8, 4) is 11.5 Å². The Morgan fingerprint density at radius 2 is 1.93 bits per heavy atom. The first kappa shape index (κ1) is 19.6. The number of phenolic OH excluding ortho intramolecular Hbond substituents is 1.